The van der Waals surface area contributed by atoms with Gasteiger partial charge in [0.25, 0.3) is 12.0 Å². The van der Waals surface area contributed by atoms with Gasteiger partial charge in [-0.1, -0.05) is 0 Å². The summed E-state index contributed by atoms with van der Waals surface area (Å²) >= 11 is 0. The predicted molar refractivity (Wildman–Crippen MR) is 107 cm³/mol. The van der Waals surface area contributed by atoms with Crippen LogP contribution >= 0.6 is 0 Å². The lowest BCUT2D eigenvalue weighted by molar-refractivity contribution is 0.00851. The molecule has 4 aliphatic rings. The van der Waals surface area contributed by atoms with Gasteiger partial charge in [-0.05, 0) is 31.1 Å². The zero-order chi connectivity index (χ0) is 22.9. The molecule has 5 rings (SSSR count). The average Bonchev–Trinajstić information content (AvgIpc) is 3.65. The van der Waals surface area contributed by atoms with Gasteiger partial charge in [0.2, 0.25) is 0 Å². The zero-order valence-corrected chi connectivity index (χ0v) is 17.6. The number of methoxy groups -OCH3 is 1. The van der Waals surface area contributed by atoms with Crippen molar-refractivity contribution >= 4 is 5.57 Å². The van der Waals surface area contributed by atoms with E-state index in [4.69, 9.17) is 4.74 Å². The van der Waals surface area contributed by atoms with Crippen molar-refractivity contribution < 1.29 is 28.1 Å². The number of rotatable bonds is 6. The molecule has 0 bridgehead atoms. The number of aliphatic hydroxyl groups is 2. The second-order valence-corrected chi connectivity index (χ2v) is 9.43. The van der Waals surface area contributed by atoms with Crippen LogP contribution in [0.25, 0.3) is 5.57 Å². The molecule has 0 radical (unpaired) electrons. The average molecular weight is 457 g/mol. The summed E-state index contributed by atoms with van der Waals surface area (Å²) in [7, 11) is 1.30. The van der Waals surface area contributed by atoms with Crippen molar-refractivity contribution in [2.75, 3.05) is 26.8 Å². The van der Waals surface area contributed by atoms with Crippen LogP contribution in [0.4, 0.5) is 13.2 Å². The first-order valence-electron chi connectivity index (χ1n) is 10.9. The number of nitrogens with zero attached hydrogens (tertiary/aromatic N) is 2. The lowest BCUT2D eigenvalue weighted by Gasteiger charge is -2.39. The smallest absolute Gasteiger partial charge is 0.328 e. The molecule has 32 heavy (non-hydrogen) atoms. The molecule has 8 nitrogen and oxygen atoms in total. The molecule has 0 amide bonds. The van der Waals surface area contributed by atoms with Gasteiger partial charge < -0.3 is 14.9 Å². The molecule has 3 aliphatic carbocycles. The quantitative estimate of drug-likeness (QED) is 0.587. The molecule has 1 spiro atoms. The summed E-state index contributed by atoms with van der Waals surface area (Å²) in [5.74, 6) is -1.49. The zero-order valence-electron chi connectivity index (χ0n) is 17.6. The van der Waals surface area contributed by atoms with Gasteiger partial charge >= 0.3 is 5.69 Å². The Labute approximate surface area is 181 Å². The normalized spacial score (nSPS) is 30.3. The van der Waals surface area contributed by atoms with E-state index in [1.807, 2.05) is 0 Å². The largest absolute Gasteiger partial charge is 0.394 e. The molecule has 4 atom stereocenters. The van der Waals surface area contributed by atoms with E-state index in [0.29, 0.717) is 19.4 Å². The van der Waals surface area contributed by atoms with Crippen LogP contribution in [0.3, 0.4) is 0 Å². The summed E-state index contributed by atoms with van der Waals surface area (Å²) in [4.78, 5) is 28.9. The minimum absolute atomic E-state index is 0.0125. The highest BCUT2D eigenvalue weighted by atomic mass is 19.3. The number of H-pyrrole nitrogens is 1. The number of aliphatic hydroxyl groups excluding tert-OH is 2. The van der Waals surface area contributed by atoms with E-state index in [9.17, 15) is 28.6 Å². The number of hydrogen-bond donors (Lipinski definition) is 3. The molecule has 2 heterocycles. The highest BCUT2D eigenvalue weighted by Crippen LogP contribution is 2.59. The topological polar surface area (TPSA) is 108 Å². The van der Waals surface area contributed by atoms with E-state index in [-0.39, 0.29) is 29.6 Å². The molecule has 1 saturated heterocycles. The van der Waals surface area contributed by atoms with E-state index >= 15 is 4.39 Å². The molecule has 176 valence electrons. The van der Waals surface area contributed by atoms with Crippen LogP contribution in [0.1, 0.15) is 49.1 Å². The lowest BCUT2D eigenvalue weighted by Crippen LogP contribution is -2.48. The number of halogens is 3. The van der Waals surface area contributed by atoms with Crippen LogP contribution in [-0.2, 0) is 4.74 Å². The van der Waals surface area contributed by atoms with Crippen LogP contribution in [0.15, 0.2) is 15.4 Å². The van der Waals surface area contributed by atoms with Gasteiger partial charge in [0.05, 0.1) is 35.6 Å². The second kappa shape index (κ2) is 7.54. The maximum atomic E-state index is 15.8. The van der Waals surface area contributed by atoms with Crippen molar-refractivity contribution in [2.45, 2.75) is 56.4 Å². The van der Waals surface area contributed by atoms with Crippen molar-refractivity contribution in [2.24, 2.45) is 11.3 Å². The SMILES string of the molecule is COC1c2c(c(=O)[nH]c(=O)n2C2CC2)C(C(F)F)=C(F)C1N1CC(C(O)CO)C2(CC2)C1. The maximum Gasteiger partial charge on any atom is 0.328 e. The van der Waals surface area contributed by atoms with Gasteiger partial charge in [0, 0.05) is 32.2 Å². The molecule has 4 unspecified atom stereocenters. The van der Waals surface area contributed by atoms with E-state index < -0.39 is 59.5 Å². The van der Waals surface area contributed by atoms with Crippen molar-refractivity contribution in [3.63, 3.8) is 0 Å². The second-order valence-electron chi connectivity index (χ2n) is 9.43. The first-order valence-corrected chi connectivity index (χ1v) is 10.9. The van der Waals surface area contributed by atoms with Gasteiger partial charge in [-0.25, -0.2) is 18.0 Å². The van der Waals surface area contributed by atoms with Crippen molar-refractivity contribution in [1.82, 2.24) is 14.5 Å². The Hall–Kier alpha value is -1.95. The fourth-order valence-corrected chi connectivity index (χ4v) is 5.76. The predicted octanol–water partition coefficient (Wildman–Crippen LogP) is 0.952. The highest BCUT2D eigenvalue weighted by Gasteiger charge is 2.60. The number of aromatic nitrogens is 2. The van der Waals surface area contributed by atoms with Gasteiger partial charge in [-0.15, -0.1) is 0 Å². The Balaban J connectivity index is 1.67. The van der Waals surface area contributed by atoms with E-state index in [1.165, 1.54) is 11.7 Å². The number of likely N-dealkylation sites (tertiary alicyclic amines) is 1. The van der Waals surface area contributed by atoms with Crippen molar-refractivity contribution in [3.05, 3.63) is 37.9 Å². The Morgan fingerprint density at radius 2 is 1.97 bits per heavy atom. The number of hydrogen-bond acceptors (Lipinski definition) is 6. The van der Waals surface area contributed by atoms with E-state index in [1.54, 1.807) is 4.90 Å². The number of fused-ring (bicyclic) bond motifs is 1. The molecule has 11 heteroatoms. The van der Waals surface area contributed by atoms with E-state index in [2.05, 4.69) is 4.98 Å². The third-order valence-electron chi connectivity index (χ3n) is 7.58. The summed E-state index contributed by atoms with van der Waals surface area (Å²) in [6, 6.07) is -1.53. The Kier molecular flexibility index (Phi) is 5.16. The molecule has 1 aromatic heterocycles. The van der Waals surface area contributed by atoms with Crippen molar-refractivity contribution in [3.8, 4) is 0 Å². The van der Waals surface area contributed by atoms with Crippen molar-refractivity contribution in [1.29, 1.82) is 0 Å². The molecule has 0 aromatic carbocycles. The fraction of sp³-hybridized carbons (Fsp3) is 0.714. The molecule has 2 saturated carbocycles. The van der Waals surface area contributed by atoms with Crippen LogP contribution in [0, 0.1) is 11.3 Å². The molecule has 3 N–H and O–H groups in total. The molecule has 3 fully saturated rings. The summed E-state index contributed by atoms with van der Waals surface area (Å²) < 4.78 is 50.9. The van der Waals surface area contributed by atoms with Gasteiger partial charge in [0.1, 0.15) is 11.9 Å². The number of nitrogens with one attached hydrogen (secondary N) is 1. The summed E-state index contributed by atoms with van der Waals surface area (Å²) in [5, 5.41) is 19.8. The Morgan fingerprint density at radius 3 is 2.50 bits per heavy atom. The summed E-state index contributed by atoms with van der Waals surface area (Å²) in [6.07, 6.45) is -2.56. The first kappa shape index (κ1) is 21.9. The van der Waals surface area contributed by atoms with Crippen LogP contribution in [0.2, 0.25) is 0 Å². The van der Waals surface area contributed by atoms with Crippen LogP contribution < -0.4 is 11.2 Å². The molecular formula is C21H26F3N3O5. The molecule has 1 aliphatic heterocycles. The fourth-order valence-electron chi connectivity index (χ4n) is 5.76. The summed E-state index contributed by atoms with van der Waals surface area (Å²) in [5.41, 5.74) is -3.63. The van der Waals surface area contributed by atoms with Gasteiger partial charge in [-0.2, -0.15) is 0 Å². The van der Waals surface area contributed by atoms with Crippen LogP contribution in [-0.4, -0.2) is 70.0 Å². The number of aromatic amines is 1. The minimum Gasteiger partial charge on any atom is -0.394 e. The lowest BCUT2D eigenvalue weighted by atomic mass is 9.87. The minimum atomic E-state index is -3.27. The molecular weight excluding hydrogens is 431 g/mol. The highest BCUT2D eigenvalue weighted by molar-refractivity contribution is 5.74. The molecule has 1 aromatic rings. The first-order chi connectivity index (χ1) is 15.2. The van der Waals surface area contributed by atoms with Gasteiger partial charge in [-0.3, -0.25) is 19.2 Å². The Morgan fingerprint density at radius 1 is 1.28 bits per heavy atom. The van der Waals surface area contributed by atoms with Crippen LogP contribution in [0.5, 0.6) is 0 Å². The number of allylic oxidation sites excluding steroid dienone is 1. The maximum absolute atomic E-state index is 15.8. The summed E-state index contributed by atoms with van der Waals surface area (Å²) in [6.45, 7) is 0.0798. The standard InChI is InChI=1S/C21H26F3N3O5/c1-32-17-15-13(19(30)25-20(31)27(15)9-2-3-9)12(18(23)24)14(22)16(17)26-6-10(11(29)7-28)21(8-26)4-5-21/h9-11,16-18,28-29H,2-8H2,1H3,(H,25,30,31). The van der Waals surface area contributed by atoms with E-state index in [0.717, 1.165) is 12.8 Å². The number of alkyl halides is 2. The third kappa shape index (κ3) is 3.12. The monoisotopic (exact) mass is 457 g/mol. The number of ether oxygens (including phenoxy) is 1. The van der Waals surface area contributed by atoms with Gasteiger partial charge in [0.15, 0.2) is 0 Å². The third-order valence-corrected chi connectivity index (χ3v) is 7.58. The Bertz CT molecular complexity index is 1080.